The van der Waals surface area contributed by atoms with E-state index in [0.29, 0.717) is 0 Å². The van der Waals surface area contributed by atoms with E-state index >= 15 is 0 Å². The van der Waals surface area contributed by atoms with E-state index < -0.39 is 6.17 Å². The van der Waals surface area contributed by atoms with E-state index in [4.69, 9.17) is 11.6 Å². The van der Waals surface area contributed by atoms with Gasteiger partial charge in [-0.05, 0) is 6.42 Å². The van der Waals surface area contributed by atoms with Crippen molar-refractivity contribution in [2.45, 2.75) is 21.9 Å². The van der Waals surface area contributed by atoms with Gasteiger partial charge in [0.25, 0.3) is 0 Å². The Hall–Kier alpha value is 0.950. The maximum Gasteiger partial charge on any atom is 0.128 e. The van der Waals surface area contributed by atoms with Crippen LogP contribution in [0.2, 0.25) is 0 Å². The molecule has 0 bridgehead atoms. The van der Waals surface area contributed by atoms with Crippen molar-refractivity contribution in [2.24, 2.45) is 0 Å². The lowest BCUT2D eigenvalue weighted by molar-refractivity contribution is 0.238. The molecule has 0 aliphatic heterocycles. The first-order valence-corrected chi connectivity index (χ1v) is 3.82. The average molecular weight is 234 g/mol. The predicted molar refractivity (Wildman–Crippen MR) is 37.0 cm³/mol. The highest BCUT2D eigenvalue weighted by atomic mass is 127. The zero-order chi connectivity index (χ0) is 5.44. The Morgan fingerprint density at radius 1 is 1.71 bits per heavy atom. The van der Waals surface area contributed by atoms with Gasteiger partial charge in [0.05, 0.1) is 5.38 Å². The van der Waals surface area contributed by atoms with Crippen LogP contribution in [0, 0.1) is 0 Å². The number of halogens is 3. The van der Waals surface area contributed by atoms with Gasteiger partial charge in [-0.2, -0.15) is 0 Å². The largest absolute Gasteiger partial charge is 0.245 e. The van der Waals surface area contributed by atoms with Gasteiger partial charge >= 0.3 is 0 Å². The molecule has 0 aromatic carbocycles. The Bertz CT molecular complexity index is 70.1. The van der Waals surface area contributed by atoms with Gasteiger partial charge in [0.1, 0.15) is 6.17 Å². The summed E-state index contributed by atoms with van der Waals surface area (Å²) in [4.78, 5) is 0. The Morgan fingerprint density at radius 3 is 2.29 bits per heavy atom. The molecule has 3 atom stereocenters. The highest BCUT2D eigenvalue weighted by Gasteiger charge is 2.37. The van der Waals surface area contributed by atoms with Gasteiger partial charge in [-0.3, -0.25) is 0 Å². The molecule has 2 unspecified atom stereocenters. The molecule has 1 aliphatic carbocycles. The van der Waals surface area contributed by atoms with Gasteiger partial charge in [-0.25, -0.2) is 4.39 Å². The summed E-state index contributed by atoms with van der Waals surface area (Å²) in [5.41, 5.74) is 0. The van der Waals surface area contributed by atoms with E-state index in [1.54, 1.807) is 0 Å². The molecular weight excluding hydrogens is 229 g/mol. The minimum absolute atomic E-state index is 0.181. The molecule has 1 rings (SSSR count). The first-order chi connectivity index (χ1) is 3.22. The Labute approximate surface area is 60.6 Å². The lowest BCUT2D eigenvalue weighted by Crippen LogP contribution is -2.39. The van der Waals surface area contributed by atoms with Crippen LogP contribution in [0.3, 0.4) is 0 Å². The van der Waals surface area contributed by atoms with Crippen molar-refractivity contribution in [3.8, 4) is 0 Å². The molecule has 3 heteroatoms. The van der Waals surface area contributed by atoms with Crippen molar-refractivity contribution in [1.29, 1.82) is 0 Å². The van der Waals surface area contributed by atoms with Crippen LogP contribution in [0.1, 0.15) is 6.42 Å². The highest BCUT2D eigenvalue weighted by Crippen LogP contribution is 2.34. The van der Waals surface area contributed by atoms with Crippen LogP contribution in [0.5, 0.6) is 0 Å². The lowest BCUT2D eigenvalue weighted by atomic mass is 9.97. The molecule has 1 aliphatic rings. The highest BCUT2D eigenvalue weighted by molar-refractivity contribution is 14.1. The molecular formula is C4H5ClFI. The Kier molecular flexibility index (Phi) is 1.78. The van der Waals surface area contributed by atoms with Gasteiger partial charge in [0.15, 0.2) is 0 Å². The summed E-state index contributed by atoms with van der Waals surface area (Å²) in [6, 6.07) is 0. The molecule has 0 amide bonds. The average Bonchev–Trinajstić information content (AvgIpc) is 1.68. The second-order valence-electron chi connectivity index (χ2n) is 1.71. The maximum absolute atomic E-state index is 12.2. The molecule has 0 nitrogen and oxygen atoms in total. The number of rotatable bonds is 0. The van der Waals surface area contributed by atoms with Crippen molar-refractivity contribution in [2.75, 3.05) is 0 Å². The van der Waals surface area contributed by atoms with Gasteiger partial charge in [0, 0.05) is 3.92 Å². The summed E-state index contributed by atoms with van der Waals surface area (Å²) in [7, 11) is 0. The number of hydrogen-bond acceptors (Lipinski definition) is 0. The van der Waals surface area contributed by atoms with Gasteiger partial charge in [-0.1, -0.05) is 22.6 Å². The fourth-order valence-electron chi connectivity index (χ4n) is 0.506. The minimum atomic E-state index is -0.748. The van der Waals surface area contributed by atoms with Crippen LogP contribution >= 0.6 is 34.2 Å². The molecule has 0 N–H and O–H groups in total. The van der Waals surface area contributed by atoms with Crippen LogP contribution < -0.4 is 0 Å². The van der Waals surface area contributed by atoms with Gasteiger partial charge in [0.2, 0.25) is 0 Å². The molecule has 42 valence electrons. The molecule has 0 spiro atoms. The molecule has 0 aromatic rings. The Morgan fingerprint density at radius 2 is 2.29 bits per heavy atom. The number of hydrogen-bond donors (Lipinski definition) is 0. The van der Waals surface area contributed by atoms with E-state index in [9.17, 15) is 4.39 Å². The van der Waals surface area contributed by atoms with Crippen LogP contribution in [0.4, 0.5) is 4.39 Å². The third-order valence-electron chi connectivity index (χ3n) is 1.14. The zero-order valence-corrected chi connectivity index (χ0v) is 6.49. The minimum Gasteiger partial charge on any atom is -0.245 e. The zero-order valence-electron chi connectivity index (χ0n) is 3.57. The Balaban J connectivity index is 2.29. The summed E-state index contributed by atoms with van der Waals surface area (Å²) in [5.74, 6) is 0. The first kappa shape index (κ1) is 6.08. The molecule has 1 fully saturated rings. The third-order valence-corrected chi connectivity index (χ3v) is 2.76. The van der Waals surface area contributed by atoms with Crippen molar-refractivity contribution >= 4 is 34.2 Å². The smallest absolute Gasteiger partial charge is 0.128 e. The van der Waals surface area contributed by atoms with E-state index in [-0.39, 0.29) is 9.30 Å². The molecule has 0 heterocycles. The summed E-state index contributed by atoms with van der Waals surface area (Å²) in [6.07, 6.45) is 0.0887. The lowest BCUT2D eigenvalue weighted by Gasteiger charge is -2.30. The molecule has 1 saturated carbocycles. The molecule has 0 aromatic heterocycles. The maximum atomic E-state index is 12.2. The van der Waals surface area contributed by atoms with E-state index in [1.807, 2.05) is 0 Å². The summed E-state index contributed by atoms with van der Waals surface area (Å²) < 4.78 is 12.3. The third kappa shape index (κ3) is 1.02. The quantitative estimate of drug-likeness (QED) is 0.445. The van der Waals surface area contributed by atoms with Crippen molar-refractivity contribution < 1.29 is 4.39 Å². The van der Waals surface area contributed by atoms with Crippen molar-refractivity contribution in [3.63, 3.8) is 0 Å². The van der Waals surface area contributed by atoms with E-state index in [1.165, 1.54) is 0 Å². The van der Waals surface area contributed by atoms with Gasteiger partial charge in [-0.15, -0.1) is 11.6 Å². The van der Waals surface area contributed by atoms with Crippen molar-refractivity contribution in [1.82, 2.24) is 0 Å². The first-order valence-electron chi connectivity index (χ1n) is 2.14. The van der Waals surface area contributed by atoms with E-state index in [2.05, 4.69) is 22.6 Å². The van der Waals surface area contributed by atoms with Crippen LogP contribution in [-0.4, -0.2) is 15.5 Å². The number of alkyl halides is 3. The summed E-state index contributed by atoms with van der Waals surface area (Å²) in [5, 5.41) is -0.193. The topological polar surface area (TPSA) is 0 Å². The van der Waals surface area contributed by atoms with E-state index in [0.717, 1.165) is 6.42 Å². The fraction of sp³-hybridized carbons (Fsp3) is 1.00. The predicted octanol–water partition coefficient (Wildman–Crippen LogP) is 2.14. The fourth-order valence-corrected chi connectivity index (χ4v) is 2.47. The van der Waals surface area contributed by atoms with Gasteiger partial charge < -0.3 is 0 Å². The molecule has 7 heavy (non-hydrogen) atoms. The molecule has 0 radical (unpaired) electrons. The SMILES string of the molecule is F[C@H]1C(Cl)CC1I. The van der Waals surface area contributed by atoms with Crippen LogP contribution in [0.15, 0.2) is 0 Å². The van der Waals surface area contributed by atoms with Crippen molar-refractivity contribution in [3.05, 3.63) is 0 Å². The second-order valence-corrected chi connectivity index (χ2v) is 3.87. The summed E-state index contributed by atoms with van der Waals surface area (Å²) in [6.45, 7) is 0. The molecule has 0 saturated heterocycles. The van der Waals surface area contributed by atoms with Crippen LogP contribution in [0.25, 0.3) is 0 Å². The summed E-state index contributed by atoms with van der Waals surface area (Å²) >= 11 is 7.49. The van der Waals surface area contributed by atoms with Crippen LogP contribution in [-0.2, 0) is 0 Å². The monoisotopic (exact) mass is 234 g/mol. The second kappa shape index (κ2) is 2.05. The normalized spacial score (nSPS) is 51.0. The standard InChI is InChI=1S/C4H5ClFI/c5-2-1-3(7)4(2)6/h2-4H,1H2/t2?,3?,4-/m0/s1.